The predicted octanol–water partition coefficient (Wildman–Crippen LogP) is 4.39. The largest absolute Gasteiger partial charge is 0.487 e. The quantitative estimate of drug-likeness (QED) is 0.742. The van der Waals surface area contributed by atoms with Gasteiger partial charge in [-0.2, -0.15) is 11.3 Å². The first-order chi connectivity index (χ1) is 8.70. The second-order valence-electron chi connectivity index (χ2n) is 3.75. The lowest BCUT2D eigenvalue weighted by atomic mass is 10.2. The van der Waals surface area contributed by atoms with E-state index in [-0.39, 0.29) is 18.2 Å². The molecule has 0 unspecified atom stereocenters. The molecule has 0 bridgehead atoms. The number of hydrogen-bond acceptors (Lipinski definition) is 2. The van der Waals surface area contributed by atoms with Crippen LogP contribution >= 0.6 is 22.9 Å². The summed E-state index contributed by atoms with van der Waals surface area (Å²) in [5.41, 5.74) is 1.50. The molecule has 1 nitrogen and oxygen atoms in total. The highest BCUT2D eigenvalue weighted by Gasteiger charge is 2.12. The van der Waals surface area contributed by atoms with Crippen LogP contribution in [0, 0.1) is 11.6 Å². The molecule has 0 radical (unpaired) electrons. The Morgan fingerprint density at radius 1 is 1.17 bits per heavy atom. The fraction of sp³-hybridized carbons (Fsp3) is 0.231. The van der Waals surface area contributed by atoms with Crippen LogP contribution in [0.3, 0.4) is 0 Å². The number of hydrogen-bond donors (Lipinski definition) is 0. The van der Waals surface area contributed by atoms with Gasteiger partial charge in [0.2, 0.25) is 0 Å². The molecule has 1 aromatic heterocycles. The van der Waals surface area contributed by atoms with Gasteiger partial charge < -0.3 is 4.74 Å². The summed E-state index contributed by atoms with van der Waals surface area (Å²) in [5.74, 6) is -1.69. The van der Waals surface area contributed by atoms with Gasteiger partial charge in [0, 0.05) is 12.3 Å². The van der Waals surface area contributed by atoms with Crippen molar-refractivity contribution in [2.45, 2.75) is 12.3 Å². The third-order valence-electron chi connectivity index (χ3n) is 2.43. The standard InChI is InChI=1S/C13H11ClF2OS/c14-7-10-5-11(15)13(12(16)6-10)17-3-1-9-2-4-18-8-9/h2,4-6,8H,1,3,7H2. The summed E-state index contributed by atoms with van der Waals surface area (Å²) < 4.78 is 32.2. The molecule has 0 aliphatic carbocycles. The van der Waals surface area contributed by atoms with Crippen molar-refractivity contribution in [3.8, 4) is 5.75 Å². The van der Waals surface area contributed by atoms with E-state index in [9.17, 15) is 8.78 Å². The van der Waals surface area contributed by atoms with Crippen molar-refractivity contribution in [1.82, 2.24) is 0 Å². The molecule has 1 heterocycles. The average molecular weight is 289 g/mol. The summed E-state index contributed by atoms with van der Waals surface area (Å²) in [6.45, 7) is 0.241. The summed E-state index contributed by atoms with van der Waals surface area (Å²) in [6, 6.07) is 4.34. The third kappa shape index (κ3) is 3.21. The lowest BCUT2D eigenvalue weighted by molar-refractivity contribution is 0.288. The summed E-state index contributed by atoms with van der Waals surface area (Å²) >= 11 is 7.10. The van der Waals surface area contributed by atoms with Gasteiger partial charge in [-0.1, -0.05) is 0 Å². The first-order valence-corrected chi connectivity index (χ1v) is 6.86. The van der Waals surface area contributed by atoms with Crippen LogP contribution < -0.4 is 4.74 Å². The van der Waals surface area contributed by atoms with Crippen LogP contribution in [0.25, 0.3) is 0 Å². The van der Waals surface area contributed by atoms with Gasteiger partial charge in [0.15, 0.2) is 17.4 Å². The molecule has 0 spiro atoms. The van der Waals surface area contributed by atoms with Crippen molar-refractivity contribution in [2.24, 2.45) is 0 Å². The maximum Gasteiger partial charge on any atom is 0.190 e. The molecular weight excluding hydrogens is 278 g/mol. The van der Waals surface area contributed by atoms with Crippen molar-refractivity contribution in [2.75, 3.05) is 6.61 Å². The van der Waals surface area contributed by atoms with Crippen molar-refractivity contribution >= 4 is 22.9 Å². The molecule has 0 aliphatic rings. The first kappa shape index (κ1) is 13.3. The topological polar surface area (TPSA) is 9.23 Å². The number of ether oxygens (including phenoxy) is 1. The van der Waals surface area contributed by atoms with Crippen LogP contribution in [0.1, 0.15) is 11.1 Å². The predicted molar refractivity (Wildman–Crippen MR) is 69.4 cm³/mol. The van der Waals surface area contributed by atoms with Gasteiger partial charge in [-0.3, -0.25) is 0 Å². The van der Waals surface area contributed by atoms with Crippen LogP contribution in [0.4, 0.5) is 8.78 Å². The fourth-order valence-electron chi connectivity index (χ4n) is 1.53. The van der Waals surface area contributed by atoms with Crippen LogP contribution in [-0.2, 0) is 12.3 Å². The number of thiophene rings is 1. The molecule has 0 saturated heterocycles. The van der Waals surface area contributed by atoms with E-state index in [2.05, 4.69) is 0 Å². The summed E-state index contributed by atoms with van der Waals surface area (Å²) in [7, 11) is 0. The minimum absolute atomic E-state index is 0.0724. The molecule has 96 valence electrons. The number of benzene rings is 1. The molecule has 0 saturated carbocycles. The number of halogens is 3. The minimum atomic E-state index is -0.712. The van der Waals surface area contributed by atoms with Gasteiger partial charge in [0.25, 0.3) is 0 Å². The summed E-state index contributed by atoms with van der Waals surface area (Å²) in [5, 5.41) is 3.93. The first-order valence-electron chi connectivity index (χ1n) is 5.38. The molecule has 0 amide bonds. The van der Waals surface area contributed by atoms with Gasteiger partial charge in [0.05, 0.1) is 6.61 Å². The molecule has 0 aliphatic heterocycles. The molecule has 0 atom stereocenters. The van der Waals surface area contributed by atoms with Crippen molar-refractivity contribution in [3.05, 3.63) is 51.7 Å². The zero-order chi connectivity index (χ0) is 13.0. The number of rotatable bonds is 5. The monoisotopic (exact) mass is 288 g/mol. The van der Waals surface area contributed by atoms with Crippen LogP contribution in [0.5, 0.6) is 5.75 Å². The van der Waals surface area contributed by atoms with E-state index in [0.29, 0.717) is 12.0 Å². The molecule has 2 aromatic rings. The molecule has 5 heteroatoms. The zero-order valence-corrected chi connectivity index (χ0v) is 11.0. The van der Waals surface area contributed by atoms with Gasteiger partial charge in [-0.25, -0.2) is 8.78 Å². The molecule has 0 fully saturated rings. The maximum atomic E-state index is 13.5. The Morgan fingerprint density at radius 3 is 2.44 bits per heavy atom. The lowest BCUT2D eigenvalue weighted by Crippen LogP contribution is -2.04. The molecule has 0 N–H and O–H groups in total. The normalized spacial score (nSPS) is 10.6. The number of alkyl halides is 1. The van der Waals surface area contributed by atoms with Gasteiger partial charge >= 0.3 is 0 Å². The van der Waals surface area contributed by atoms with E-state index in [1.165, 1.54) is 12.1 Å². The van der Waals surface area contributed by atoms with E-state index in [0.717, 1.165) is 5.56 Å². The highest BCUT2D eigenvalue weighted by molar-refractivity contribution is 7.07. The van der Waals surface area contributed by atoms with E-state index in [4.69, 9.17) is 16.3 Å². The van der Waals surface area contributed by atoms with Crippen molar-refractivity contribution in [3.63, 3.8) is 0 Å². The second kappa shape index (κ2) is 6.16. The third-order valence-corrected chi connectivity index (χ3v) is 3.47. The van der Waals surface area contributed by atoms with Crippen molar-refractivity contribution < 1.29 is 13.5 Å². The van der Waals surface area contributed by atoms with Gasteiger partial charge in [0.1, 0.15) is 0 Å². The Bertz CT molecular complexity index is 491. The Balaban J connectivity index is 2.01. The Kier molecular flexibility index (Phi) is 4.55. The molecule has 2 rings (SSSR count). The van der Waals surface area contributed by atoms with E-state index in [1.807, 2.05) is 16.8 Å². The highest BCUT2D eigenvalue weighted by atomic mass is 35.5. The Morgan fingerprint density at radius 2 is 1.89 bits per heavy atom. The highest BCUT2D eigenvalue weighted by Crippen LogP contribution is 2.24. The van der Waals surface area contributed by atoms with Crippen LogP contribution in [0.15, 0.2) is 29.0 Å². The SMILES string of the molecule is Fc1cc(CCl)cc(F)c1OCCc1ccsc1. The minimum Gasteiger partial charge on any atom is -0.487 e. The van der Waals surface area contributed by atoms with E-state index >= 15 is 0 Å². The Hall–Kier alpha value is -1.13. The maximum absolute atomic E-state index is 13.5. The van der Waals surface area contributed by atoms with Crippen LogP contribution in [-0.4, -0.2) is 6.61 Å². The lowest BCUT2D eigenvalue weighted by Gasteiger charge is -2.09. The zero-order valence-electron chi connectivity index (χ0n) is 9.46. The molecule has 1 aromatic carbocycles. The summed E-state index contributed by atoms with van der Waals surface area (Å²) in [4.78, 5) is 0. The van der Waals surface area contributed by atoms with Gasteiger partial charge in [-0.05, 0) is 40.1 Å². The second-order valence-corrected chi connectivity index (χ2v) is 4.80. The average Bonchev–Trinajstić information content (AvgIpc) is 2.85. The molecule has 18 heavy (non-hydrogen) atoms. The van der Waals surface area contributed by atoms with Crippen LogP contribution in [0.2, 0.25) is 0 Å². The Labute approximate surface area is 113 Å². The summed E-state index contributed by atoms with van der Waals surface area (Å²) in [6.07, 6.45) is 0.625. The van der Waals surface area contributed by atoms with E-state index in [1.54, 1.807) is 11.3 Å². The van der Waals surface area contributed by atoms with Crippen molar-refractivity contribution in [1.29, 1.82) is 0 Å². The van der Waals surface area contributed by atoms with E-state index < -0.39 is 11.6 Å². The smallest absolute Gasteiger partial charge is 0.190 e. The molecular formula is C13H11ClF2OS. The van der Waals surface area contributed by atoms with Gasteiger partial charge in [-0.15, -0.1) is 11.6 Å². The fourth-order valence-corrected chi connectivity index (χ4v) is 2.39.